The van der Waals surface area contributed by atoms with Gasteiger partial charge < -0.3 is 14.6 Å². The van der Waals surface area contributed by atoms with Gasteiger partial charge in [-0.25, -0.2) is 0 Å². The molecule has 0 unspecified atom stereocenters. The van der Waals surface area contributed by atoms with Crippen LogP contribution in [0.25, 0.3) is 6.08 Å². The number of carbonyl (C=O) groups is 1. The van der Waals surface area contributed by atoms with Gasteiger partial charge in [-0.2, -0.15) is 0 Å². The first-order chi connectivity index (χ1) is 8.75. The average molecular weight is 248 g/mol. The van der Waals surface area contributed by atoms with E-state index in [4.69, 9.17) is 14.6 Å². The summed E-state index contributed by atoms with van der Waals surface area (Å²) in [7, 11) is 0. The van der Waals surface area contributed by atoms with Crippen molar-refractivity contribution >= 4 is 12.0 Å². The van der Waals surface area contributed by atoms with Crippen LogP contribution in [-0.4, -0.2) is 17.9 Å². The van der Waals surface area contributed by atoms with Crippen molar-refractivity contribution in [1.29, 1.82) is 0 Å². The van der Waals surface area contributed by atoms with E-state index < -0.39 is 5.97 Å². The molecule has 4 nitrogen and oxygen atoms in total. The number of carboxylic acid groups (broad SMARTS) is 1. The Kier molecular flexibility index (Phi) is 4.23. The molecule has 1 aliphatic heterocycles. The van der Waals surface area contributed by atoms with Gasteiger partial charge in [-0.1, -0.05) is 18.2 Å². The number of fused-ring (bicyclic) bond motifs is 1. The van der Waals surface area contributed by atoms with Crippen molar-refractivity contribution in [2.75, 3.05) is 6.79 Å². The van der Waals surface area contributed by atoms with Crippen molar-refractivity contribution in [3.8, 4) is 11.5 Å². The molecule has 0 atom stereocenters. The molecule has 1 aromatic rings. The van der Waals surface area contributed by atoms with Crippen molar-refractivity contribution in [1.82, 2.24) is 0 Å². The van der Waals surface area contributed by atoms with E-state index in [1.54, 1.807) is 0 Å². The molecule has 96 valence electrons. The molecule has 0 fully saturated rings. The smallest absolute Gasteiger partial charge is 0.303 e. The topological polar surface area (TPSA) is 55.8 Å². The highest BCUT2D eigenvalue weighted by molar-refractivity contribution is 5.66. The third-order valence-electron chi connectivity index (χ3n) is 2.72. The maximum Gasteiger partial charge on any atom is 0.303 e. The van der Waals surface area contributed by atoms with Crippen LogP contribution >= 0.6 is 0 Å². The Morgan fingerprint density at radius 2 is 2.11 bits per heavy atom. The Bertz CT molecular complexity index is 451. The number of ether oxygens (including phenoxy) is 2. The average Bonchev–Trinajstić information content (AvgIpc) is 2.80. The lowest BCUT2D eigenvalue weighted by Crippen LogP contribution is -1.92. The van der Waals surface area contributed by atoms with E-state index in [9.17, 15) is 4.79 Å². The molecule has 0 saturated heterocycles. The molecule has 0 spiro atoms. The molecular formula is C14H16O4. The van der Waals surface area contributed by atoms with E-state index in [2.05, 4.69) is 6.08 Å². The van der Waals surface area contributed by atoms with Crippen molar-refractivity contribution in [2.24, 2.45) is 0 Å². The lowest BCUT2D eigenvalue weighted by atomic mass is 10.1. The Morgan fingerprint density at radius 3 is 2.94 bits per heavy atom. The van der Waals surface area contributed by atoms with Crippen molar-refractivity contribution in [3.63, 3.8) is 0 Å². The molecule has 2 rings (SSSR count). The minimum absolute atomic E-state index is 0.248. The second-order valence-electron chi connectivity index (χ2n) is 4.15. The van der Waals surface area contributed by atoms with E-state index in [1.165, 1.54) is 0 Å². The first kappa shape index (κ1) is 12.5. The van der Waals surface area contributed by atoms with E-state index in [-0.39, 0.29) is 13.2 Å². The quantitative estimate of drug-likeness (QED) is 0.786. The van der Waals surface area contributed by atoms with E-state index in [0.717, 1.165) is 36.3 Å². The summed E-state index contributed by atoms with van der Waals surface area (Å²) in [5.74, 6) is 0.839. The van der Waals surface area contributed by atoms with Gasteiger partial charge in [-0.15, -0.1) is 0 Å². The maximum absolute atomic E-state index is 10.3. The summed E-state index contributed by atoms with van der Waals surface area (Å²) >= 11 is 0. The van der Waals surface area contributed by atoms with Crippen LogP contribution in [0.15, 0.2) is 24.3 Å². The van der Waals surface area contributed by atoms with Gasteiger partial charge >= 0.3 is 5.97 Å². The highest BCUT2D eigenvalue weighted by atomic mass is 16.7. The molecule has 0 bridgehead atoms. The lowest BCUT2D eigenvalue weighted by molar-refractivity contribution is -0.137. The molecule has 1 N–H and O–H groups in total. The molecular weight excluding hydrogens is 232 g/mol. The number of aliphatic carboxylic acids is 1. The van der Waals surface area contributed by atoms with E-state index in [0.29, 0.717) is 0 Å². The molecule has 0 aliphatic carbocycles. The number of hydrogen-bond donors (Lipinski definition) is 1. The van der Waals surface area contributed by atoms with Gasteiger partial charge in [0.05, 0.1) is 0 Å². The third-order valence-corrected chi connectivity index (χ3v) is 2.72. The molecule has 4 heteroatoms. The SMILES string of the molecule is O=C(O)CCCCC=Cc1ccc2c(c1)OCO2. The summed E-state index contributed by atoms with van der Waals surface area (Å²) in [5, 5.41) is 8.49. The van der Waals surface area contributed by atoms with Gasteiger partial charge in [0, 0.05) is 6.42 Å². The van der Waals surface area contributed by atoms with Crippen molar-refractivity contribution < 1.29 is 19.4 Å². The van der Waals surface area contributed by atoms with Gasteiger partial charge in [0.25, 0.3) is 0 Å². The number of rotatable bonds is 6. The molecule has 18 heavy (non-hydrogen) atoms. The fourth-order valence-electron chi connectivity index (χ4n) is 1.77. The van der Waals surface area contributed by atoms with Gasteiger partial charge in [0.15, 0.2) is 11.5 Å². The van der Waals surface area contributed by atoms with Crippen LogP contribution in [0.5, 0.6) is 11.5 Å². The van der Waals surface area contributed by atoms with Gasteiger partial charge in [0.1, 0.15) is 0 Å². The van der Waals surface area contributed by atoms with Gasteiger partial charge in [0.2, 0.25) is 6.79 Å². The van der Waals surface area contributed by atoms with Crippen LogP contribution in [-0.2, 0) is 4.79 Å². The van der Waals surface area contributed by atoms with Crippen molar-refractivity contribution in [3.05, 3.63) is 29.8 Å². The fraction of sp³-hybridized carbons (Fsp3) is 0.357. The van der Waals surface area contributed by atoms with Crippen LogP contribution in [0.1, 0.15) is 31.2 Å². The molecule has 1 aliphatic rings. The van der Waals surface area contributed by atoms with Gasteiger partial charge in [-0.05, 0) is 37.0 Å². The van der Waals surface area contributed by atoms with E-state index >= 15 is 0 Å². The molecule has 0 saturated carbocycles. The number of benzene rings is 1. The highest BCUT2D eigenvalue weighted by Gasteiger charge is 2.11. The normalized spacial score (nSPS) is 13.1. The van der Waals surface area contributed by atoms with Crippen LogP contribution in [0.4, 0.5) is 0 Å². The van der Waals surface area contributed by atoms with Crippen LogP contribution in [0.2, 0.25) is 0 Å². The predicted octanol–water partition coefficient (Wildman–Crippen LogP) is 3.07. The summed E-state index contributed by atoms with van der Waals surface area (Å²) in [6, 6.07) is 5.81. The second-order valence-corrected chi connectivity index (χ2v) is 4.15. The molecule has 0 amide bonds. The number of allylic oxidation sites excluding steroid dienone is 1. The maximum atomic E-state index is 10.3. The first-order valence-corrected chi connectivity index (χ1v) is 6.04. The largest absolute Gasteiger partial charge is 0.481 e. The Balaban J connectivity index is 1.77. The second kappa shape index (κ2) is 6.10. The zero-order chi connectivity index (χ0) is 12.8. The first-order valence-electron chi connectivity index (χ1n) is 6.04. The predicted molar refractivity (Wildman–Crippen MR) is 67.7 cm³/mol. The number of carboxylic acids is 1. The zero-order valence-electron chi connectivity index (χ0n) is 10.1. The van der Waals surface area contributed by atoms with Gasteiger partial charge in [-0.3, -0.25) is 4.79 Å². The number of hydrogen-bond acceptors (Lipinski definition) is 3. The fourth-order valence-corrected chi connectivity index (χ4v) is 1.77. The lowest BCUT2D eigenvalue weighted by Gasteiger charge is -1.98. The number of unbranched alkanes of at least 4 members (excludes halogenated alkanes) is 2. The van der Waals surface area contributed by atoms with Crippen LogP contribution < -0.4 is 9.47 Å². The zero-order valence-corrected chi connectivity index (χ0v) is 10.1. The van der Waals surface area contributed by atoms with E-state index in [1.807, 2.05) is 24.3 Å². The summed E-state index contributed by atoms with van der Waals surface area (Å²) in [4.78, 5) is 10.3. The minimum atomic E-state index is -0.727. The Hall–Kier alpha value is -1.97. The summed E-state index contributed by atoms with van der Waals surface area (Å²) in [6.45, 7) is 0.289. The summed E-state index contributed by atoms with van der Waals surface area (Å²) in [6.07, 6.45) is 6.83. The summed E-state index contributed by atoms with van der Waals surface area (Å²) in [5.41, 5.74) is 1.07. The minimum Gasteiger partial charge on any atom is -0.481 e. The molecule has 1 aromatic carbocycles. The Labute approximate surface area is 106 Å². The van der Waals surface area contributed by atoms with Crippen molar-refractivity contribution in [2.45, 2.75) is 25.7 Å². The standard InChI is InChI=1S/C14H16O4/c15-14(16)6-4-2-1-3-5-11-7-8-12-13(9-11)18-10-17-12/h3,5,7-9H,1-2,4,6,10H2,(H,15,16). The third kappa shape index (κ3) is 3.52. The monoisotopic (exact) mass is 248 g/mol. The molecule has 1 heterocycles. The molecule has 0 aromatic heterocycles. The highest BCUT2D eigenvalue weighted by Crippen LogP contribution is 2.32. The van der Waals surface area contributed by atoms with Crippen LogP contribution in [0, 0.1) is 0 Å². The molecule has 0 radical (unpaired) electrons. The summed E-state index contributed by atoms with van der Waals surface area (Å²) < 4.78 is 10.5. The van der Waals surface area contributed by atoms with Crippen LogP contribution in [0.3, 0.4) is 0 Å². The Morgan fingerprint density at radius 1 is 1.28 bits per heavy atom.